The SMILES string of the molecule is C=CC(=O)OCC(O)COc1ccccc1.C=CC(=O)OCC(O)COc1ccccc1.C=CC(=O)OCC(O)COc1ccccc1.CCC.CCC. The highest BCUT2D eigenvalue weighted by Gasteiger charge is 2.09. The van der Waals surface area contributed by atoms with Crippen molar-refractivity contribution in [2.24, 2.45) is 0 Å². The Balaban J connectivity index is 0. The Bertz CT molecular complexity index is 1200. The van der Waals surface area contributed by atoms with Crippen LogP contribution in [0, 0.1) is 0 Å². The first-order valence-electron chi connectivity index (χ1n) is 17.4. The molecule has 3 unspecified atom stereocenters. The van der Waals surface area contributed by atoms with Gasteiger partial charge in [0, 0.05) is 18.2 Å². The maximum atomic E-state index is 10.7. The van der Waals surface area contributed by atoms with Crippen LogP contribution in [0.5, 0.6) is 17.2 Å². The standard InChI is InChI=1S/3C12H14O4.2C3H8/c3*1-2-12(14)16-9-10(13)8-15-11-6-4-3-5-7-11;2*1-3-2/h3*2-7,10,13H,1,8-9H2;2*3H2,1-2H3. The van der Waals surface area contributed by atoms with Gasteiger partial charge in [0.2, 0.25) is 0 Å². The first-order chi connectivity index (χ1) is 26.0. The minimum Gasteiger partial charge on any atom is -0.491 e. The predicted molar refractivity (Wildman–Crippen MR) is 209 cm³/mol. The van der Waals surface area contributed by atoms with Crippen molar-refractivity contribution in [3.8, 4) is 17.2 Å². The molecule has 0 bridgehead atoms. The minimum atomic E-state index is -0.843. The van der Waals surface area contributed by atoms with Crippen LogP contribution in [0.1, 0.15) is 40.5 Å². The Kier molecular flexibility index (Phi) is 33.7. The average Bonchev–Trinajstić information content (AvgIpc) is 3.20. The monoisotopic (exact) mass is 754 g/mol. The van der Waals surface area contributed by atoms with Crippen LogP contribution in [0.3, 0.4) is 0 Å². The van der Waals surface area contributed by atoms with Crippen molar-refractivity contribution in [2.45, 2.75) is 58.8 Å². The summed E-state index contributed by atoms with van der Waals surface area (Å²) in [6.07, 6.45) is 3.11. The number of benzene rings is 3. The number of aliphatic hydroxyl groups excluding tert-OH is 3. The van der Waals surface area contributed by atoms with Gasteiger partial charge < -0.3 is 43.7 Å². The number of hydrogen-bond acceptors (Lipinski definition) is 12. The molecular weight excluding hydrogens is 696 g/mol. The van der Waals surface area contributed by atoms with Crippen molar-refractivity contribution in [2.75, 3.05) is 39.6 Å². The fraction of sp³-hybridized carbons (Fsp3) is 0.357. The Morgan fingerprint density at radius 2 is 0.667 bits per heavy atom. The summed E-state index contributed by atoms with van der Waals surface area (Å²) in [5, 5.41) is 28.3. The van der Waals surface area contributed by atoms with Crippen LogP contribution in [0.15, 0.2) is 129 Å². The largest absolute Gasteiger partial charge is 0.491 e. The molecule has 0 fully saturated rings. The fourth-order valence-electron chi connectivity index (χ4n) is 2.98. The number of esters is 3. The molecule has 12 nitrogen and oxygen atoms in total. The first kappa shape index (κ1) is 50.7. The van der Waals surface area contributed by atoms with Crippen LogP contribution in [0.2, 0.25) is 0 Å². The summed E-state index contributed by atoms with van der Waals surface area (Å²) < 4.78 is 29.8. The van der Waals surface area contributed by atoms with Gasteiger partial charge in [0.1, 0.15) is 75.2 Å². The Morgan fingerprint density at radius 3 is 0.852 bits per heavy atom. The number of carbonyl (C=O) groups is 3. The average molecular weight is 755 g/mol. The smallest absolute Gasteiger partial charge is 0.330 e. The fourth-order valence-corrected chi connectivity index (χ4v) is 2.98. The lowest BCUT2D eigenvalue weighted by Crippen LogP contribution is -2.24. The van der Waals surface area contributed by atoms with Crippen LogP contribution >= 0.6 is 0 Å². The summed E-state index contributed by atoms with van der Waals surface area (Å²) in [5.74, 6) is 0.320. The lowest BCUT2D eigenvalue weighted by atomic mass is 10.3. The molecule has 0 aliphatic heterocycles. The third kappa shape index (κ3) is 32.5. The number of hydrogen-bond donors (Lipinski definition) is 3. The van der Waals surface area contributed by atoms with Crippen molar-refractivity contribution < 1.29 is 58.1 Å². The van der Waals surface area contributed by atoms with E-state index in [0.717, 1.165) is 18.2 Å². The van der Waals surface area contributed by atoms with Crippen molar-refractivity contribution in [3.63, 3.8) is 0 Å². The Morgan fingerprint density at radius 1 is 0.463 bits per heavy atom. The van der Waals surface area contributed by atoms with E-state index < -0.39 is 36.2 Å². The van der Waals surface area contributed by atoms with Gasteiger partial charge in [0.25, 0.3) is 0 Å². The van der Waals surface area contributed by atoms with Gasteiger partial charge in [0.05, 0.1) is 0 Å². The highest BCUT2D eigenvalue weighted by molar-refractivity contribution is 5.81. The van der Waals surface area contributed by atoms with Gasteiger partial charge in [-0.3, -0.25) is 0 Å². The van der Waals surface area contributed by atoms with Gasteiger partial charge in [-0.25, -0.2) is 14.4 Å². The van der Waals surface area contributed by atoms with Gasteiger partial charge >= 0.3 is 17.9 Å². The maximum Gasteiger partial charge on any atom is 0.330 e. The van der Waals surface area contributed by atoms with Crippen molar-refractivity contribution in [1.29, 1.82) is 0 Å². The molecule has 3 aromatic rings. The second kappa shape index (κ2) is 36.0. The molecule has 0 saturated carbocycles. The van der Waals surface area contributed by atoms with Crippen molar-refractivity contribution in [3.05, 3.63) is 129 Å². The zero-order valence-corrected chi connectivity index (χ0v) is 31.9. The molecule has 0 aromatic heterocycles. The van der Waals surface area contributed by atoms with E-state index in [9.17, 15) is 29.7 Å². The molecule has 298 valence electrons. The topological polar surface area (TPSA) is 167 Å². The second-order valence-electron chi connectivity index (χ2n) is 10.8. The van der Waals surface area contributed by atoms with Crippen molar-refractivity contribution >= 4 is 17.9 Å². The van der Waals surface area contributed by atoms with Gasteiger partial charge in [0.15, 0.2) is 0 Å². The van der Waals surface area contributed by atoms with Gasteiger partial charge in [-0.2, -0.15) is 0 Å². The highest BCUT2D eigenvalue weighted by atomic mass is 16.6. The molecule has 3 rings (SSSR count). The number of carbonyl (C=O) groups excluding carboxylic acids is 3. The maximum absolute atomic E-state index is 10.7. The number of aliphatic hydroxyl groups is 3. The predicted octanol–water partition coefficient (Wildman–Crippen LogP) is 6.30. The van der Waals surface area contributed by atoms with E-state index in [1.165, 1.54) is 12.8 Å². The summed E-state index contributed by atoms with van der Waals surface area (Å²) >= 11 is 0. The lowest BCUT2D eigenvalue weighted by Gasteiger charge is -2.11. The third-order valence-corrected chi connectivity index (χ3v) is 5.31. The summed E-state index contributed by atoms with van der Waals surface area (Å²) in [4.78, 5) is 32.1. The molecule has 54 heavy (non-hydrogen) atoms. The lowest BCUT2D eigenvalue weighted by molar-refractivity contribution is -0.142. The third-order valence-electron chi connectivity index (χ3n) is 5.31. The van der Waals surface area contributed by atoms with Crippen LogP contribution in [0.25, 0.3) is 0 Å². The molecule has 3 aromatic carbocycles. The summed E-state index contributed by atoms with van der Waals surface area (Å²) in [6, 6.07) is 27.3. The Labute approximate surface area is 320 Å². The number of para-hydroxylation sites is 3. The summed E-state index contributed by atoms with van der Waals surface area (Å²) in [7, 11) is 0. The molecule has 0 aliphatic rings. The number of rotatable bonds is 18. The molecule has 0 saturated heterocycles. The van der Waals surface area contributed by atoms with E-state index in [0.29, 0.717) is 17.2 Å². The van der Waals surface area contributed by atoms with Crippen LogP contribution in [-0.4, -0.2) is 91.2 Å². The Hall–Kier alpha value is -5.43. The highest BCUT2D eigenvalue weighted by Crippen LogP contribution is 2.10. The normalized spacial score (nSPS) is 10.9. The molecule has 3 N–H and O–H groups in total. The molecular formula is C42H58O12. The van der Waals surface area contributed by atoms with E-state index in [2.05, 4.69) is 61.6 Å². The molecule has 0 amide bonds. The molecule has 12 heteroatoms. The van der Waals surface area contributed by atoms with Gasteiger partial charge in [-0.05, 0) is 36.4 Å². The van der Waals surface area contributed by atoms with E-state index in [-0.39, 0.29) is 39.6 Å². The van der Waals surface area contributed by atoms with Gasteiger partial charge in [-0.1, -0.05) is 115 Å². The zero-order valence-electron chi connectivity index (χ0n) is 31.9. The van der Waals surface area contributed by atoms with E-state index in [1.54, 1.807) is 36.4 Å². The quantitative estimate of drug-likeness (QED) is 0.0755. The van der Waals surface area contributed by atoms with Crippen LogP contribution in [-0.2, 0) is 28.6 Å². The second-order valence-corrected chi connectivity index (χ2v) is 10.8. The van der Waals surface area contributed by atoms with E-state index in [1.807, 2.05) is 54.6 Å². The molecule has 0 aliphatic carbocycles. The number of ether oxygens (including phenoxy) is 6. The summed E-state index contributed by atoms with van der Waals surface area (Å²) in [5.41, 5.74) is 0. The molecule has 0 spiro atoms. The van der Waals surface area contributed by atoms with E-state index >= 15 is 0 Å². The molecule has 3 atom stereocenters. The molecule has 0 heterocycles. The van der Waals surface area contributed by atoms with Gasteiger partial charge in [-0.15, -0.1) is 0 Å². The zero-order chi connectivity index (χ0) is 40.8. The van der Waals surface area contributed by atoms with Crippen LogP contribution < -0.4 is 14.2 Å². The first-order valence-corrected chi connectivity index (χ1v) is 17.4. The summed E-state index contributed by atoms with van der Waals surface area (Å²) in [6.45, 7) is 18.2. The van der Waals surface area contributed by atoms with E-state index in [4.69, 9.17) is 14.2 Å². The van der Waals surface area contributed by atoms with Crippen molar-refractivity contribution in [1.82, 2.24) is 0 Å². The van der Waals surface area contributed by atoms with Crippen LogP contribution in [0.4, 0.5) is 0 Å². The minimum absolute atomic E-state index is 0.0778. The molecule has 0 radical (unpaired) electrons.